The molecule has 0 atom stereocenters. The Hall–Kier alpha value is -0.900. The van der Waals surface area contributed by atoms with Gasteiger partial charge >= 0.3 is 0 Å². The van der Waals surface area contributed by atoms with Crippen molar-refractivity contribution in [2.75, 3.05) is 13.1 Å². The minimum Gasteiger partial charge on any atom is -0.339 e. The molecule has 0 N–H and O–H groups in total. The van der Waals surface area contributed by atoms with Gasteiger partial charge in [-0.2, -0.15) is 0 Å². The van der Waals surface area contributed by atoms with E-state index < -0.39 is 0 Å². The lowest BCUT2D eigenvalue weighted by molar-refractivity contribution is 0.0745. The maximum Gasteiger partial charge on any atom is 0.253 e. The van der Waals surface area contributed by atoms with Gasteiger partial charge in [0.1, 0.15) is 5.82 Å². The van der Waals surface area contributed by atoms with Crippen LogP contribution >= 0.6 is 15.9 Å². The summed E-state index contributed by atoms with van der Waals surface area (Å²) in [6.07, 6.45) is 0. The van der Waals surface area contributed by atoms with E-state index in [0.29, 0.717) is 29.0 Å². The van der Waals surface area contributed by atoms with Crippen LogP contribution in [0.25, 0.3) is 0 Å². The van der Waals surface area contributed by atoms with Crippen LogP contribution in [0.5, 0.6) is 0 Å². The monoisotopic (exact) mass is 301 g/mol. The summed E-state index contributed by atoms with van der Waals surface area (Å²) in [5.74, 6) is 0.0122. The second kappa shape index (κ2) is 6.15. The van der Waals surface area contributed by atoms with Crippen molar-refractivity contribution in [3.8, 4) is 0 Å². The molecule has 94 valence electrons. The molecule has 1 aromatic rings. The highest BCUT2D eigenvalue weighted by Crippen LogP contribution is 2.18. The smallest absolute Gasteiger partial charge is 0.253 e. The van der Waals surface area contributed by atoms with Gasteiger partial charge in [0.25, 0.3) is 5.91 Å². The lowest BCUT2D eigenvalue weighted by atomic mass is 10.1. The number of nitrogens with zero attached hydrogens (tertiary/aromatic N) is 1. The van der Waals surface area contributed by atoms with Crippen molar-refractivity contribution in [3.05, 3.63) is 34.1 Å². The molecule has 0 saturated carbocycles. The third kappa shape index (κ3) is 3.80. The molecule has 1 rings (SSSR count). The Labute approximate surface area is 110 Å². The lowest BCUT2D eigenvalue weighted by Gasteiger charge is -2.23. The predicted molar refractivity (Wildman–Crippen MR) is 70.5 cm³/mol. The van der Waals surface area contributed by atoms with Crippen LogP contribution in [0.15, 0.2) is 22.7 Å². The highest BCUT2D eigenvalue weighted by Gasteiger charge is 2.16. The standard InChI is InChI=1S/C13H17BrFNO/c1-4-16(8-9(2)3)13(17)10-5-6-12(15)11(14)7-10/h5-7,9H,4,8H2,1-3H3. The molecule has 4 heteroatoms. The van der Waals surface area contributed by atoms with Crippen LogP contribution in [-0.4, -0.2) is 23.9 Å². The third-order valence-electron chi connectivity index (χ3n) is 2.42. The Kier molecular flexibility index (Phi) is 5.12. The van der Waals surface area contributed by atoms with Gasteiger partial charge in [-0.15, -0.1) is 0 Å². The quantitative estimate of drug-likeness (QED) is 0.830. The predicted octanol–water partition coefficient (Wildman–Crippen LogP) is 3.71. The summed E-state index contributed by atoms with van der Waals surface area (Å²) in [5.41, 5.74) is 0.515. The van der Waals surface area contributed by atoms with E-state index in [1.165, 1.54) is 18.2 Å². The van der Waals surface area contributed by atoms with Gasteiger partial charge in [-0.3, -0.25) is 4.79 Å². The zero-order chi connectivity index (χ0) is 13.0. The van der Waals surface area contributed by atoms with Crippen molar-refractivity contribution in [2.45, 2.75) is 20.8 Å². The Morgan fingerprint density at radius 2 is 2.12 bits per heavy atom. The Bertz CT molecular complexity index is 406. The summed E-state index contributed by atoms with van der Waals surface area (Å²) in [6.45, 7) is 7.45. The van der Waals surface area contributed by atoms with Crippen LogP contribution < -0.4 is 0 Å². The molecule has 0 spiro atoms. The Morgan fingerprint density at radius 3 is 2.59 bits per heavy atom. The van der Waals surface area contributed by atoms with E-state index in [2.05, 4.69) is 29.8 Å². The van der Waals surface area contributed by atoms with Crippen molar-refractivity contribution >= 4 is 21.8 Å². The van der Waals surface area contributed by atoms with E-state index in [0.717, 1.165) is 0 Å². The van der Waals surface area contributed by atoms with Crippen LogP contribution in [0.3, 0.4) is 0 Å². The minimum atomic E-state index is -0.353. The molecule has 0 heterocycles. The van der Waals surface area contributed by atoms with E-state index in [9.17, 15) is 9.18 Å². The molecule has 1 aromatic carbocycles. The third-order valence-corrected chi connectivity index (χ3v) is 3.03. The van der Waals surface area contributed by atoms with Gasteiger partial charge in [-0.05, 0) is 47.0 Å². The first-order valence-corrected chi connectivity index (χ1v) is 6.49. The fourth-order valence-electron chi connectivity index (χ4n) is 1.61. The molecule has 0 aromatic heterocycles. The second-order valence-corrected chi connectivity index (χ2v) is 5.22. The molecular formula is C13H17BrFNO. The summed E-state index contributed by atoms with van der Waals surface area (Å²) in [7, 11) is 0. The van der Waals surface area contributed by atoms with Gasteiger partial charge < -0.3 is 4.90 Å². The van der Waals surface area contributed by atoms with E-state index in [1.54, 1.807) is 4.90 Å². The summed E-state index contributed by atoms with van der Waals surface area (Å²) in [6, 6.07) is 4.35. The Balaban J connectivity index is 2.90. The van der Waals surface area contributed by atoms with E-state index in [4.69, 9.17) is 0 Å². The van der Waals surface area contributed by atoms with Crippen LogP contribution in [0.2, 0.25) is 0 Å². The van der Waals surface area contributed by atoms with E-state index in [-0.39, 0.29) is 11.7 Å². The van der Waals surface area contributed by atoms with Crippen molar-refractivity contribution < 1.29 is 9.18 Å². The molecule has 17 heavy (non-hydrogen) atoms. The molecule has 0 unspecified atom stereocenters. The van der Waals surface area contributed by atoms with E-state index >= 15 is 0 Å². The second-order valence-electron chi connectivity index (χ2n) is 4.37. The van der Waals surface area contributed by atoms with Crippen molar-refractivity contribution in [2.24, 2.45) is 5.92 Å². The van der Waals surface area contributed by atoms with Crippen molar-refractivity contribution in [1.82, 2.24) is 4.90 Å². The maximum absolute atomic E-state index is 13.1. The molecule has 0 aliphatic heterocycles. The molecule has 0 aliphatic carbocycles. The van der Waals surface area contributed by atoms with Gasteiger partial charge in [-0.1, -0.05) is 13.8 Å². The first-order valence-electron chi connectivity index (χ1n) is 5.70. The highest BCUT2D eigenvalue weighted by atomic mass is 79.9. The molecule has 0 bridgehead atoms. The van der Waals surface area contributed by atoms with E-state index in [1.807, 2.05) is 6.92 Å². The van der Waals surface area contributed by atoms with Crippen LogP contribution in [0.1, 0.15) is 31.1 Å². The van der Waals surface area contributed by atoms with Gasteiger partial charge in [0.15, 0.2) is 0 Å². The number of hydrogen-bond acceptors (Lipinski definition) is 1. The number of halogens is 2. The zero-order valence-electron chi connectivity index (χ0n) is 10.3. The number of benzene rings is 1. The highest BCUT2D eigenvalue weighted by molar-refractivity contribution is 9.10. The topological polar surface area (TPSA) is 20.3 Å². The van der Waals surface area contributed by atoms with Crippen LogP contribution in [-0.2, 0) is 0 Å². The molecule has 1 amide bonds. The van der Waals surface area contributed by atoms with Gasteiger partial charge in [0.2, 0.25) is 0 Å². The van der Waals surface area contributed by atoms with Crippen molar-refractivity contribution in [3.63, 3.8) is 0 Å². The van der Waals surface area contributed by atoms with Crippen LogP contribution in [0.4, 0.5) is 4.39 Å². The summed E-state index contributed by atoms with van der Waals surface area (Å²) in [5, 5.41) is 0. The summed E-state index contributed by atoms with van der Waals surface area (Å²) in [4.78, 5) is 13.9. The first-order chi connectivity index (χ1) is 7.95. The number of rotatable bonds is 4. The van der Waals surface area contributed by atoms with Crippen LogP contribution in [0, 0.1) is 11.7 Å². The molecular weight excluding hydrogens is 285 g/mol. The average molecular weight is 302 g/mol. The van der Waals surface area contributed by atoms with Gasteiger partial charge in [0.05, 0.1) is 4.47 Å². The van der Waals surface area contributed by atoms with Crippen molar-refractivity contribution in [1.29, 1.82) is 0 Å². The average Bonchev–Trinajstić information content (AvgIpc) is 2.28. The summed E-state index contributed by atoms with van der Waals surface area (Å²) >= 11 is 3.09. The van der Waals surface area contributed by atoms with Gasteiger partial charge in [0, 0.05) is 18.7 Å². The molecule has 0 saturated heterocycles. The maximum atomic E-state index is 13.1. The number of carbonyl (C=O) groups excluding carboxylic acids is 1. The molecule has 0 aliphatic rings. The fraction of sp³-hybridized carbons (Fsp3) is 0.462. The van der Waals surface area contributed by atoms with Gasteiger partial charge in [-0.25, -0.2) is 4.39 Å². The molecule has 0 fully saturated rings. The SMILES string of the molecule is CCN(CC(C)C)C(=O)c1ccc(F)c(Br)c1. The largest absolute Gasteiger partial charge is 0.339 e. The number of carbonyl (C=O) groups is 1. The normalized spacial score (nSPS) is 10.7. The zero-order valence-corrected chi connectivity index (χ0v) is 11.9. The number of amides is 1. The number of hydrogen-bond donors (Lipinski definition) is 0. The minimum absolute atomic E-state index is 0.0538. The molecule has 0 radical (unpaired) electrons. The lowest BCUT2D eigenvalue weighted by Crippen LogP contribution is -2.34. The molecule has 2 nitrogen and oxygen atoms in total. The summed E-state index contributed by atoms with van der Waals surface area (Å²) < 4.78 is 13.4. The first kappa shape index (κ1) is 14.2. The Morgan fingerprint density at radius 1 is 1.47 bits per heavy atom. The fourth-order valence-corrected chi connectivity index (χ4v) is 1.99.